The van der Waals surface area contributed by atoms with Gasteiger partial charge < -0.3 is 4.90 Å². The highest BCUT2D eigenvalue weighted by molar-refractivity contribution is 7.36. The quantitative estimate of drug-likeness (QED) is 0.616. The van der Waals surface area contributed by atoms with Gasteiger partial charge in [-0.25, -0.2) is 0 Å². The van der Waals surface area contributed by atoms with Gasteiger partial charge in [0, 0.05) is 12.6 Å². The zero-order valence-corrected chi connectivity index (χ0v) is 12.0. The van der Waals surface area contributed by atoms with Crippen LogP contribution in [0.5, 0.6) is 0 Å². The number of hydrogen-bond acceptors (Lipinski definition) is 1. The first-order valence-corrected chi connectivity index (χ1v) is 8.87. The van der Waals surface area contributed by atoms with Crippen LogP contribution in [0.4, 0.5) is 0 Å². The Hall–Kier alpha value is 0.390. The average Bonchev–Trinajstić information content (AvgIpc) is 2.14. The third-order valence-corrected chi connectivity index (χ3v) is 5.51. The van der Waals surface area contributed by atoms with Crippen LogP contribution in [0.15, 0.2) is 0 Å². The molecule has 0 radical (unpaired) electrons. The molecular weight excluding hydrogens is 213 g/mol. The molecule has 2 unspecified atom stereocenters. The first-order valence-electron chi connectivity index (χ1n) is 7.16. The molecular formula is C14H28NP. The van der Waals surface area contributed by atoms with Gasteiger partial charge in [-0.2, -0.15) is 0 Å². The Morgan fingerprint density at radius 1 is 1.19 bits per heavy atom. The van der Waals surface area contributed by atoms with Gasteiger partial charge in [-0.15, -0.1) is 8.58 Å². The van der Waals surface area contributed by atoms with Gasteiger partial charge in [-0.3, -0.25) is 0 Å². The van der Waals surface area contributed by atoms with E-state index in [1.807, 2.05) is 0 Å². The molecule has 2 rings (SSSR count). The summed E-state index contributed by atoms with van der Waals surface area (Å²) >= 11 is 0. The first kappa shape index (κ1) is 12.8. The number of hydrogen-bond donors (Lipinski definition) is 0. The monoisotopic (exact) mass is 241 g/mol. The summed E-state index contributed by atoms with van der Waals surface area (Å²) in [6.07, 6.45) is 11.9. The topological polar surface area (TPSA) is 3.24 Å². The van der Waals surface area contributed by atoms with E-state index >= 15 is 0 Å². The van der Waals surface area contributed by atoms with Crippen LogP contribution in [-0.2, 0) is 0 Å². The average molecular weight is 241 g/mol. The summed E-state index contributed by atoms with van der Waals surface area (Å²) < 4.78 is 0. The Kier molecular flexibility index (Phi) is 5.10. The fourth-order valence-corrected chi connectivity index (χ4v) is 3.74. The molecule has 16 heavy (non-hydrogen) atoms. The lowest BCUT2D eigenvalue weighted by atomic mass is 9.77. The summed E-state index contributed by atoms with van der Waals surface area (Å²) in [6, 6.07) is 0.918. The predicted octanol–water partition coefficient (Wildman–Crippen LogP) is 3.59. The SMILES string of the molecule is CPCCC(C1CCC1)N(C)CC1CCC1. The van der Waals surface area contributed by atoms with E-state index in [1.165, 1.54) is 57.7 Å². The lowest BCUT2D eigenvalue weighted by molar-refractivity contribution is 0.0858. The fraction of sp³-hybridized carbons (Fsp3) is 1.00. The summed E-state index contributed by atoms with van der Waals surface area (Å²) in [5.41, 5.74) is 0. The van der Waals surface area contributed by atoms with E-state index in [2.05, 4.69) is 18.6 Å². The van der Waals surface area contributed by atoms with Gasteiger partial charge in [0.2, 0.25) is 0 Å². The van der Waals surface area contributed by atoms with E-state index in [-0.39, 0.29) is 0 Å². The second-order valence-electron chi connectivity index (χ2n) is 5.89. The lowest BCUT2D eigenvalue weighted by Crippen LogP contribution is -2.44. The van der Waals surface area contributed by atoms with Crippen molar-refractivity contribution in [2.75, 3.05) is 26.4 Å². The van der Waals surface area contributed by atoms with E-state index in [0.29, 0.717) is 0 Å². The molecule has 0 aromatic carbocycles. The van der Waals surface area contributed by atoms with E-state index in [1.54, 1.807) is 0 Å². The Morgan fingerprint density at radius 3 is 2.31 bits per heavy atom. The van der Waals surface area contributed by atoms with Crippen LogP contribution in [0, 0.1) is 11.8 Å². The highest BCUT2D eigenvalue weighted by Gasteiger charge is 2.31. The van der Waals surface area contributed by atoms with Crippen molar-refractivity contribution in [2.45, 2.75) is 51.0 Å². The van der Waals surface area contributed by atoms with Gasteiger partial charge in [-0.1, -0.05) is 12.8 Å². The molecule has 0 amide bonds. The summed E-state index contributed by atoms with van der Waals surface area (Å²) in [6.45, 7) is 3.73. The number of nitrogens with zero attached hydrogens (tertiary/aromatic N) is 1. The summed E-state index contributed by atoms with van der Waals surface area (Å²) in [5, 5.41) is 0. The van der Waals surface area contributed by atoms with E-state index in [4.69, 9.17) is 0 Å². The van der Waals surface area contributed by atoms with E-state index < -0.39 is 0 Å². The maximum absolute atomic E-state index is 2.72. The van der Waals surface area contributed by atoms with Crippen LogP contribution in [0.3, 0.4) is 0 Å². The number of rotatable bonds is 7. The molecule has 0 N–H and O–H groups in total. The Balaban J connectivity index is 1.77. The van der Waals surface area contributed by atoms with E-state index in [9.17, 15) is 0 Å². The lowest BCUT2D eigenvalue weighted by Gasteiger charge is -2.42. The molecule has 0 heterocycles. The molecule has 1 nitrogen and oxygen atoms in total. The van der Waals surface area contributed by atoms with Crippen LogP contribution in [0.25, 0.3) is 0 Å². The second-order valence-corrected chi connectivity index (χ2v) is 7.09. The molecule has 0 saturated heterocycles. The van der Waals surface area contributed by atoms with Crippen molar-refractivity contribution in [1.29, 1.82) is 0 Å². The van der Waals surface area contributed by atoms with Crippen molar-refractivity contribution in [3.63, 3.8) is 0 Å². The van der Waals surface area contributed by atoms with E-state index in [0.717, 1.165) is 26.5 Å². The summed E-state index contributed by atoms with van der Waals surface area (Å²) in [7, 11) is 3.53. The normalized spacial score (nSPS) is 24.9. The summed E-state index contributed by atoms with van der Waals surface area (Å²) in [4.78, 5) is 2.72. The largest absolute Gasteiger partial charge is 0.303 e. The van der Waals surface area contributed by atoms with Gasteiger partial charge in [0.15, 0.2) is 0 Å². The molecule has 2 aliphatic rings. The Bertz CT molecular complexity index is 199. The van der Waals surface area contributed by atoms with Gasteiger partial charge in [-0.05, 0) is 63.8 Å². The molecule has 2 saturated carbocycles. The Morgan fingerprint density at radius 2 is 1.88 bits per heavy atom. The zero-order chi connectivity index (χ0) is 11.4. The van der Waals surface area contributed by atoms with Crippen molar-refractivity contribution < 1.29 is 0 Å². The molecule has 0 spiro atoms. The third-order valence-electron chi connectivity index (χ3n) is 4.72. The second kappa shape index (κ2) is 6.36. The smallest absolute Gasteiger partial charge is 0.0124 e. The minimum Gasteiger partial charge on any atom is -0.303 e. The van der Waals surface area contributed by atoms with Crippen LogP contribution >= 0.6 is 8.58 Å². The fourth-order valence-electron chi connectivity index (χ4n) is 3.15. The Labute approximate surface area is 103 Å². The van der Waals surface area contributed by atoms with Crippen LogP contribution in [0.1, 0.15) is 44.9 Å². The van der Waals surface area contributed by atoms with Gasteiger partial charge >= 0.3 is 0 Å². The predicted molar refractivity (Wildman–Crippen MR) is 74.8 cm³/mol. The molecule has 0 aromatic rings. The zero-order valence-electron chi connectivity index (χ0n) is 11.0. The summed E-state index contributed by atoms with van der Waals surface area (Å²) in [5.74, 6) is 2.08. The molecule has 2 atom stereocenters. The molecule has 0 aliphatic heterocycles. The van der Waals surface area contributed by atoms with Crippen LogP contribution < -0.4 is 0 Å². The minimum absolute atomic E-state index is 0.918. The third kappa shape index (κ3) is 3.20. The van der Waals surface area contributed by atoms with Crippen LogP contribution in [0.2, 0.25) is 0 Å². The van der Waals surface area contributed by atoms with Gasteiger partial charge in [0.25, 0.3) is 0 Å². The van der Waals surface area contributed by atoms with Crippen molar-refractivity contribution in [3.05, 3.63) is 0 Å². The van der Waals surface area contributed by atoms with Crippen molar-refractivity contribution in [1.82, 2.24) is 4.90 Å². The minimum atomic E-state index is 0.918. The molecule has 94 valence electrons. The van der Waals surface area contributed by atoms with Gasteiger partial charge in [0.1, 0.15) is 0 Å². The van der Waals surface area contributed by atoms with Gasteiger partial charge in [0.05, 0.1) is 0 Å². The van der Waals surface area contributed by atoms with Crippen molar-refractivity contribution >= 4 is 8.58 Å². The standard InChI is InChI=1S/C14H28NP/c1-15(11-12-5-3-6-12)14(9-10-16-2)13-7-4-8-13/h12-14,16H,3-11H2,1-2H3. The van der Waals surface area contributed by atoms with Crippen molar-refractivity contribution in [3.8, 4) is 0 Å². The molecule has 2 aliphatic carbocycles. The highest BCUT2D eigenvalue weighted by Crippen LogP contribution is 2.36. The molecule has 2 heteroatoms. The van der Waals surface area contributed by atoms with Crippen molar-refractivity contribution in [2.24, 2.45) is 11.8 Å². The molecule has 2 fully saturated rings. The molecule has 0 aromatic heterocycles. The maximum atomic E-state index is 2.72. The molecule has 0 bridgehead atoms. The maximum Gasteiger partial charge on any atom is 0.0124 e. The highest BCUT2D eigenvalue weighted by atomic mass is 31.1. The van der Waals surface area contributed by atoms with Crippen LogP contribution in [-0.4, -0.2) is 37.4 Å². The first-order chi connectivity index (χ1) is 7.81.